The van der Waals surface area contributed by atoms with Gasteiger partial charge in [0.05, 0.1) is 6.61 Å². The molecule has 0 radical (unpaired) electrons. The molecule has 98 valence electrons. The molecule has 16 heavy (non-hydrogen) atoms. The van der Waals surface area contributed by atoms with E-state index in [9.17, 15) is 0 Å². The molecule has 0 spiro atoms. The molecule has 0 aromatic heterocycles. The van der Waals surface area contributed by atoms with Gasteiger partial charge in [-0.3, -0.25) is 0 Å². The number of unbranched alkanes of at least 4 members (excludes halogenated alkanes) is 3. The van der Waals surface area contributed by atoms with Crippen molar-refractivity contribution in [2.24, 2.45) is 0 Å². The van der Waals surface area contributed by atoms with Gasteiger partial charge in [-0.15, -0.1) is 0 Å². The lowest BCUT2D eigenvalue weighted by molar-refractivity contribution is -0.232. The summed E-state index contributed by atoms with van der Waals surface area (Å²) in [4.78, 5) is 0. The summed E-state index contributed by atoms with van der Waals surface area (Å²) < 4.78 is 11.7. The predicted octanol–water partition coefficient (Wildman–Crippen LogP) is 4.53. The summed E-state index contributed by atoms with van der Waals surface area (Å²) in [7, 11) is 1.79. The van der Waals surface area contributed by atoms with Crippen LogP contribution in [0, 0.1) is 0 Å². The van der Waals surface area contributed by atoms with E-state index in [-0.39, 0.29) is 5.79 Å². The van der Waals surface area contributed by atoms with Crippen molar-refractivity contribution < 1.29 is 9.47 Å². The molecular formula is C14H30O2. The van der Waals surface area contributed by atoms with E-state index in [1.807, 2.05) is 0 Å². The third kappa shape index (κ3) is 6.49. The first kappa shape index (κ1) is 15.9. The van der Waals surface area contributed by atoms with Crippen molar-refractivity contribution in [3.8, 4) is 0 Å². The van der Waals surface area contributed by atoms with E-state index in [1.165, 1.54) is 32.1 Å². The van der Waals surface area contributed by atoms with Crippen LogP contribution in [0.4, 0.5) is 0 Å². The van der Waals surface area contributed by atoms with Gasteiger partial charge in [-0.1, -0.05) is 40.0 Å². The average molecular weight is 230 g/mol. The molecule has 0 aliphatic carbocycles. The van der Waals surface area contributed by atoms with E-state index in [4.69, 9.17) is 9.47 Å². The summed E-state index contributed by atoms with van der Waals surface area (Å²) in [6.07, 6.45) is 9.15. The molecule has 0 atom stereocenters. The molecule has 0 rings (SSSR count). The van der Waals surface area contributed by atoms with Crippen molar-refractivity contribution in [1.82, 2.24) is 0 Å². The predicted molar refractivity (Wildman–Crippen MR) is 69.7 cm³/mol. The fraction of sp³-hybridized carbons (Fsp3) is 1.00. The lowest BCUT2D eigenvalue weighted by atomic mass is 10.0. The van der Waals surface area contributed by atoms with Gasteiger partial charge in [0.25, 0.3) is 0 Å². The van der Waals surface area contributed by atoms with E-state index < -0.39 is 0 Å². The zero-order valence-corrected chi connectivity index (χ0v) is 11.7. The Labute approximate surface area is 102 Å². The van der Waals surface area contributed by atoms with Gasteiger partial charge in [-0.05, 0) is 19.3 Å². The van der Waals surface area contributed by atoms with Crippen LogP contribution in [0.5, 0.6) is 0 Å². The van der Waals surface area contributed by atoms with E-state index in [2.05, 4.69) is 20.8 Å². The van der Waals surface area contributed by atoms with Gasteiger partial charge in [-0.2, -0.15) is 0 Å². The summed E-state index contributed by atoms with van der Waals surface area (Å²) in [5.74, 6) is -0.304. The smallest absolute Gasteiger partial charge is 0.167 e. The van der Waals surface area contributed by atoms with Gasteiger partial charge in [0.2, 0.25) is 0 Å². The summed E-state index contributed by atoms with van der Waals surface area (Å²) in [6.45, 7) is 7.45. The summed E-state index contributed by atoms with van der Waals surface area (Å²) in [6, 6.07) is 0. The standard InChI is InChI=1S/C14H30O2/c1-5-8-11-14(15-4,12-9-6-2)16-13-10-7-3/h5-13H2,1-4H3. The normalized spacial score (nSPS) is 12.0. The van der Waals surface area contributed by atoms with Crippen LogP contribution in [0.1, 0.15) is 72.1 Å². The van der Waals surface area contributed by atoms with Crippen molar-refractivity contribution in [1.29, 1.82) is 0 Å². The van der Waals surface area contributed by atoms with Gasteiger partial charge in [0.1, 0.15) is 0 Å². The van der Waals surface area contributed by atoms with Crippen LogP contribution >= 0.6 is 0 Å². The van der Waals surface area contributed by atoms with E-state index in [0.29, 0.717) is 0 Å². The third-order valence-electron chi connectivity index (χ3n) is 3.06. The van der Waals surface area contributed by atoms with Crippen molar-refractivity contribution in [3.63, 3.8) is 0 Å². The quantitative estimate of drug-likeness (QED) is 0.383. The Kier molecular flexibility index (Phi) is 10.0. The van der Waals surface area contributed by atoms with E-state index >= 15 is 0 Å². The SMILES string of the molecule is CCCCOC(CCCC)(CCCC)OC. The van der Waals surface area contributed by atoms with Crippen molar-refractivity contribution in [2.75, 3.05) is 13.7 Å². The van der Waals surface area contributed by atoms with Gasteiger partial charge in [0.15, 0.2) is 5.79 Å². The molecule has 2 nitrogen and oxygen atoms in total. The van der Waals surface area contributed by atoms with Crippen LogP contribution in [0.25, 0.3) is 0 Å². The minimum Gasteiger partial charge on any atom is -0.353 e. The molecule has 0 aromatic rings. The number of rotatable bonds is 11. The van der Waals surface area contributed by atoms with Gasteiger partial charge >= 0.3 is 0 Å². The van der Waals surface area contributed by atoms with Crippen LogP contribution < -0.4 is 0 Å². The van der Waals surface area contributed by atoms with Crippen LogP contribution in [-0.2, 0) is 9.47 Å². The van der Waals surface area contributed by atoms with E-state index in [0.717, 1.165) is 25.9 Å². The number of ether oxygens (including phenoxy) is 2. The zero-order valence-electron chi connectivity index (χ0n) is 11.7. The number of hydrogen-bond donors (Lipinski definition) is 0. The topological polar surface area (TPSA) is 18.5 Å². The molecule has 2 heteroatoms. The fourth-order valence-corrected chi connectivity index (χ4v) is 1.83. The van der Waals surface area contributed by atoms with Gasteiger partial charge in [-0.25, -0.2) is 0 Å². The highest BCUT2D eigenvalue weighted by Gasteiger charge is 2.29. The molecule has 0 saturated carbocycles. The lowest BCUT2D eigenvalue weighted by Crippen LogP contribution is -2.35. The first-order valence-corrected chi connectivity index (χ1v) is 6.93. The summed E-state index contributed by atoms with van der Waals surface area (Å²) in [5, 5.41) is 0. The number of methoxy groups -OCH3 is 1. The molecule has 0 saturated heterocycles. The first-order chi connectivity index (χ1) is 7.74. The third-order valence-corrected chi connectivity index (χ3v) is 3.06. The molecule has 0 fully saturated rings. The van der Waals surface area contributed by atoms with Crippen LogP contribution in [-0.4, -0.2) is 19.5 Å². The highest BCUT2D eigenvalue weighted by atomic mass is 16.7. The Morgan fingerprint density at radius 3 is 1.69 bits per heavy atom. The molecule has 0 aromatic carbocycles. The monoisotopic (exact) mass is 230 g/mol. The highest BCUT2D eigenvalue weighted by Crippen LogP contribution is 2.27. The van der Waals surface area contributed by atoms with Gasteiger partial charge < -0.3 is 9.47 Å². The molecule has 0 unspecified atom stereocenters. The molecule has 0 amide bonds. The Bertz CT molecular complexity index is 138. The van der Waals surface area contributed by atoms with E-state index in [1.54, 1.807) is 7.11 Å². The molecule has 0 heterocycles. The summed E-state index contributed by atoms with van der Waals surface area (Å²) >= 11 is 0. The summed E-state index contributed by atoms with van der Waals surface area (Å²) in [5.41, 5.74) is 0. The maximum atomic E-state index is 6.00. The van der Waals surface area contributed by atoms with Crippen molar-refractivity contribution >= 4 is 0 Å². The fourth-order valence-electron chi connectivity index (χ4n) is 1.83. The van der Waals surface area contributed by atoms with Crippen LogP contribution in [0.15, 0.2) is 0 Å². The minimum absolute atomic E-state index is 0.304. The Morgan fingerprint density at radius 1 is 0.812 bits per heavy atom. The largest absolute Gasteiger partial charge is 0.353 e. The Hall–Kier alpha value is -0.0800. The second kappa shape index (κ2) is 10.1. The molecule has 0 aliphatic rings. The van der Waals surface area contributed by atoms with Crippen LogP contribution in [0.2, 0.25) is 0 Å². The number of hydrogen-bond acceptors (Lipinski definition) is 2. The molecule has 0 aliphatic heterocycles. The highest BCUT2D eigenvalue weighted by molar-refractivity contribution is 4.69. The molecule has 0 bridgehead atoms. The lowest BCUT2D eigenvalue weighted by Gasteiger charge is -2.32. The Balaban J connectivity index is 4.16. The molecular weight excluding hydrogens is 200 g/mol. The van der Waals surface area contributed by atoms with Crippen molar-refractivity contribution in [2.45, 2.75) is 77.9 Å². The maximum absolute atomic E-state index is 6.00. The van der Waals surface area contributed by atoms with Crippen LogP contribution in [0.3, 0.4) is 0 Å². The second-order valence-corrected chi connectivity index (χ2v) is 4.52. The van der Waals surface area contributed by atoms with Gasteiger partial charge in [0, 0.05) is 20.0 Å². The zero-order chi connectivity index (χ0) is 12.3. The van der Waals surface area contributed by atoms with Crippen molar-refractivity contribution in [3.05, 3.63) is 0 Å². The minimum atomic E-state index is -0.304. The average Bonchev–Trinajstić information content (AvgIpc) is 2.32. The maximum Gasteiger partial charge on any atom is 0.167 e. The first-order valence-electron chi connectivity index (χ1n) is 6.93. The Morgan fingerprint density at radius 2 is 1.31 bits per heavy atom. The molecule has 0 N–H and O–H groups in total. The second-order valence-electron chi connectivity index (χ2n) is 4.52.